The molecule has 0 unspecified atom stereocenters. The summed E-state index contributed by atoms with van der Waals surface area (Å²) < 4.78 is 5.39. The predicted octanol–water partition coefficient (Wildman–Crippen LogP) is 1.52. The molecule has 1 aliphatic rings. The Morgan fingerprint density at radius 2 is 1.87 bits per heavy atom. The number of fused-ring (bicyclic) bond motifs is 1. The second-order valence-electron chi connectivity index (χ2n) is 3.83. The van der Waals surface area contributed by atoms with Crippen LogP contribution in [0.1, 0.15) is 16.7 Å². The molecule has 15 heavy (non-hydrogen) atoms. The molecule has 1 aliphatic heterocycles. The van der Waals surface area contributed by atoms with Crippen LogP contribution in [0, 0.1) is 20.8 Å². The maximum Gasteiger partial charge on any atom is 0.262 e. The van der Waals surface area contributed by atoms with Gasteiger partial charge >= 0.3 is 0 Å². The molecule has 0 atom stereocenters. The van der Waals surface area contributed by atoms with E-state index in [4.69, 9.17) is 10.5 Å². The van der Waals surface area contributed by atoms with Crippen molar-refractivity contribution in [2.24, 2.45) is 0 Å². The van der Waals surface area contributed by atoms with E-state index in [1.807, 2.05) is 20.8 Å². The lowest BCUT2D eigenvalue weighted by molar-refractivity contribution is -0.118. The zero-order valence-corrected chi connectivity index (χ0v) is 9.10. The molecule has 0 saturated carbocycles. The van der Waals surface area contributed by atoms with E-state index in [2.05, 4.69) is 5.32 Å². The molecule has 1 heterocycles. The third-order valence-corrected chi connectivity index (χ3v) is 2.93. The maximum atomic E-state index is 11.2. The van der Waals surface area contributed by atoms with Crippen molar-refractivity contribution in [1.82, 2.24) is 0 Å². The monoisotopic (exact) mass is 206 g/mol. The van der Waals surface area contributed by atoms with Crippen molar-refractivity contribution in [3.63, 3.8) is 0 Å². The summed E-state index contributed by atoms with van der Waals surface area (Å²) >= 11 is 0. The van der Waals surface area contributed by atoms with Crippen LogP contribution in [0.15, 0.2) is 0 Å². The SMILES string of the molecule is Cc1c(C)c2c(c(C)c1N)OCC(=O)N2. The molecule has 0 aliphatic carbocycles. The van der Waals surface area contributed by atoms with Gasteiger partial charge in [0.25, 0.3) is 5.91 Å². The summed E-state index contributed by atoms with van der Waals surface area (Å²) in [6, 6.07) is 0. The van der Waals surface area contributed by atoms with E-state index in [-0.39, 0.29) is 12.5 Å². The molecule has 4 heteroatoms. The van der Waals surface area contributed by atoms with Crippen molar-refractivity contribution in [2.75, 3.05) is 17.7 Å². The largest absolute Gasteiger partial charge is 0.481 e. The molecule has 0 spiro atoms. The number of carbonyl (C=O) groups is 1. The topological polar surface area (TPSA) is 64.3 Å². The van der Waals surface area contributed by atoms with Gasteiger partial charge in [-0.2, -0.15) is 0 Å². The molecule has 0 saturated heterocycles. The average molecular weight is 206 g/mol. The molecule has 1 aromatic rings. The normalized spacial score (nSPS) is 14.2. The number of anilines is 2. The molecule has 4 nitrogen and oxygen atoms in total. The van der Waals surface area contributed by atoms with Crippen LogP contribution in [-0.2, 0) is 4.79 Å². The second kappa shape index (κ2) is 3.15. The number of benzene rings is 1. The fraction of sp³-hybridized carbons (Fsp3) is 0.364. The highest BCUT2D eigenvalue weighted by molar-refractivity contribution is 5.97. The fourth-order valence-electron chi connectivity index (χ4n) is 1.80. The highest BCUT2D eigenvalue weighted by Gasteiger charge is 2.23. The summed E-state index contributed by atoms with van der Waals surface area (Å²) in [7, 11) is 0. The minimum Gasteiger partial charge on any atom is -0.481 e. The maximum absolute atomic E-state index is 11.2. The van der Waals surface area contributed by atoms with Gasteiger partial charge in [0.05, 0.1) is 5.69 Å². The predicted molar refractivity (Wildman–Crippen MR) is 59.2 cm³/mol. The van der Waals surface area contributed by atoms with Gasteiger partial charge in [-0.05, 0) is 31.9 Å². The lowest BCUT2D eigenvalue weighted by Crippen LogP contribution is -2.27. The van der Waals surface area contributed by atoms with Crippen molar-refractivity contribution >= 4 is 17.3 Å². The highest BCUT2D eigenvalue weighted by Crippen LogP contribution is 2.40. The number of carbonyl (C=O) groups excluding carboxylic acids is 1. The number of hydrogen-bond donors (Lipinski definition) is 2. The number of nitrogens with two attached hydrogens (primary N) is 1. The van der Waals surface area contributed by atoms with Gasteiger partial charge in [-0.1, -0.05) is 0 Å². The number of hydrogen-bond acceptors (Lipinski definition) is 3. The third kappa shape index (κ3) is 1.33. The van der Waals surface area contributed by atoms with Crippen LogP contribution in [0.4, 0.5) is 11.4 Å². The first-order valence-corrected chi connectivity index (χ1v) is 4.84. The lowest BCUT2D eigenvalue weighted by atomic mass is 9.99. The van der Waals surface area contributed by atoms with Crippen LogP contribution in [0.25, 0.3) is 0 Å². The summed E-state index contributed by atoms with van der Waals surface area (Å²) in [6.07, 6.45) is 0. The van der Waals surface area contributed by atoms with Gasteiger partial charge in [-0.3, -0.25) is 4.79 Å². The van der Waals surface area contributed by atoms with Gasteiger partial charge in [0.15, 0.2) is 6.61 Å². The molecule has 3 N–H and O–H groups in total. The number of nitrogen functional groups attached to an aromatic ring is 1. The van der Waals surface area contributed by atoms with Crippen molar-refractivity contribution in [3.05, 3.63) is 16.7 Å². The van der Waals surface area contributed by atoms with Crippen molar-refractivity contribution in [2.45, 2.75) is 20.8 Å². The second-order valence-corrected chi connectivity index (χ2v) is 3.83. The van der Waals surface area contributed by atoms with E-state index in [0.717, 1.165) is 28.1 Å². The first-order chi connectivity index (χ1) is 7.02. The van der Waals surface area contributed by atoms with Crippen LogP contribution in [0.3, 0.4) is 0 Å². The van der Waals surface area contributed by atoms with E-state index in [0.29, 0.717) is 5.75 Å². The van der Waals surface area contributed by atoms with Crippen molar-refractivity contribution in [3.8, 4) is 5.75 Å². The molecule has 0 aromatic heterocycles. The average Bonchev–Trinajstić information content (AvgIpc) is 2.23. The zero-order chi connectivity index (χ0) is 11.2. The quantitative estimate of drug-likeness (QED) is 0.632. The van der Waals surface area contributed by atoms with E-state index in [1.54, 1.807) is 0 Å². The fourth-order valence-corrected chi connectivity index (χ4v) is 1.80. The highest BCUT2D eigenvalue weighted by atomic mass is 16.5. The van der Waals surface area contributed by atoms with E-state index >= 15 is 0 Å². The molecular formula is C11H14N2O2. The first kappa shape index (κ1) is 9.83. The minimum atomic E-state index is -0.117. The number of nitrogens with one attached hydrogen (secondary N) is 1. The molecule has 2 rings (SSSR count). The summed E-state index contributed by atoms with van der Waals surface area (Å²) in [5, 5.41) is 2.82. The van der Waals surface area contributed by atoms with Gasteiger partial charge < -0.3 is 15.8 Å². The van der Waals surface area contributed by atoms with Gasteiger partial charge in [0.1, 0.15) is 5.75 Å². The summed E-state index contributed by atoms with van der Waals surface area (Å²) in [5.74, 6) is 0.587. The molecular weight excluding hydrogens is 192 g/mol. The Kier molecular flexibility index (Phi) is 2.07. The smallest absolute Gasteiger partial charge is 0.262 e. The Balaban J connectivity index is 2.70. The van der Waals surface area contributed by atoms with Crippen LogP contribution in [0.5, 0.6) is 5.75 Å². The molecule has 80 valence electrons. The number of ether oxygens (including phenoxy) is 1. The Morgan fingerprint density at radius 1 is 1.20 bits per heavy atom. The van der Waals surface area contributed by atoms with Crippen molar-refractivity contribution in [1.29, 1.82) is 0 Å². The molecule has 1 aromatic carbocycles. The molecule has 0 radical (unpaired) electrons. The Bertz CT molecular complexity index is 453. The van der Waals surface area contributed by atoms with Crippen molar-refractivity contribution < 1.29 is 9.53 Å². The lowest BCUT2D eigenvalue weighted by Gasteiger charge is -2.24. The minimum absolute atomic E-state index is 0.0653. The van der Waals surface area contributed by atoms with Gasteiger partial charge in [-0.15, -0.1) is 0 Å². The Labute approximate surface area is 88.4 Å². The summed E-state index contributed by atoms with van der Waals surface area (Å²) in [4.78, 5) is 11.2. The summed E-state index contributed by atoms with van der Waals surface area (Å²) in [5.41, 5.74) is 10.3. The summed E-state index contributed by atoms with van der Waals surface area (Å²) in [6.45, 7) is 5.84. The van der Waals surface area contributed by atoms with Crippen LogP contribution in [-0.4, -0.2) is 12.5 Å². The van der Waals surface area contributed by atoms with Crippen LogP contribution >= 0.6 is 0 Å². The van der Waals surface area contributed by atoms with E-state index in [1.165, 1.54) is 0 Å². The Hall–Kier alpha value is -1.71. The van der Waals surface area contributed by atoms with E-state index < -0.39 is 0 Å². The zero-order valence-electron chi connectivity index (χ0n) is 9.10. The molecule has 0 bridgehead atoms. The number of amides is 1. The van der Waals surface area contributed by atoms with Crippen LogP contribution < -0.4 is 15.8 Å². The molecule has 1 amide bonds. The Morgan fingerprint density at radius 3 is 2.53 bits per heavy atom. The van der Waals surface area contributed by atoms with E-state index in [9.17, 15) is 4.79 Å². The van der Waals surface area contributed by atoms with Gasteiger partial charge in [0, 0.05) is 11.3 Å². The van der Waals surface area contributed by atoms with Crippen LogP contribution in [0.2, 0.25) is 0 Å². The third-order valence-electron chi connectivity index (χ3n) is 2.93. The standard InChI is InChI=1S/C11H14N2O2/c1-5-6(2)10-11(7(3)9(5)12)15-4-8(14)13-10/h4,12H2,1-3H3,(H,13,14). The number of rotatable bonds is 0. The van der Waals surface area contributed by atoms with Gasteiger partial charge in [-0.25, -0.2) is 0 Å². The first-order valence-electron chi connectivity index (χ1n) is 4.84. The molecule has 0 fully saturated rings. The van der Waals surface area contributed by atoms with Gasteiger partial charge in [0.2, 0.25) is 0 Å².